The van der Waals surface area contributed by atoms with E-state index in [1.165, 1.54) is 18.3 Å². The van der Waals surface area contributed by atoms with Crippen LogP contribution in [0.25, 0.3) is 0 Å². The minimum atomic E-state index is -0.691. The zero-order chi connectivity index (χ0) is 14.0. The molecule has 1 amide bonds. The molecular weight excluding hydrogens is 271 g/mol. The summed E-state index contributed by atoms with van der Waals surface area (Å²) in [4.78, 5) is 18.9. The van der Waals surface area contributed by atoms with E-state index in [1.54, 1.807) is 6.07 Å². The summed E-state index contributed by atoms with van der Waals surface area (Å²) in [5.41, 5.74) is 11.4. The molecule has 98 valence electrons. The molecule has 19 heavy (non-hydrogen) atoms. The highest BCUT2D eigenvalue weighted by Gasteiger charge is 2.11. The molecule has 2 aromatic rings. The van der Waals surface area contributed by atoms with Crippen LogP contribution < -0.4 is 11.5 Å². The lowest BCUT2D eigenvalue weighted by Gasteiger charge is -2.06. The zero-order valence-corrected chi connectivity index (χ0v) is 10.5. The Morgan fingerprint density at radius 2 is 2.16 bits per heavy atom. The molecule has 4 N–H and O–H groups in total. The fourth-order valence-corrected chi connectivity index (χ4v) is 1.78. The van der Waals surface area contributed by atoms with Crippen molar-refractivity contribution in [3.8, 4) is 0 Å². The summed E-state index contributed by atoms with van der Waals surface area (Å²) in [5, 5.41) is 0.279. The van der Waals surface area contributed by atoms with Gasteiger partial charge in [-0.15, -0.1) is 0 Å². The van der Waals surface area contributed by atoms with E-state index in [0.717, 1.165) is 0 Å². The SMILES string of the molecule is NC(=O)c1cnc(Cc2ccc(F)cc2Cl)nc1N. The lowest BCUT2D eigenvalue weighted by Crippen LogP contribution is -2.16. The van der Waals surface area contributed by atoms with E-state index in [1.807, 2.05) is 0 Å². The number of amides is 1. The maximum absolute atomic E-state index is 12.9. The summed E-state index contributed by atoms with van der Waals surface area (Å²) in [6.45, 7) is 0. The van der Waals surface area contributed by atoms with Crippen LogP contribution in [0.3, 0.4) is 0 Å². The van der Waals surface area contributed by atoms with Crippen molar-refractivity contribution in [2.75, 3.05) is 5.73 Å². The third-order valence-corrected chi connectivity index (χ3v) is 2.85. The van der Waals surface area contributed by atoms with Gasteiger partial charge in [-0.2, -0.15) is 0 Å². The van der Waals surface area contributed by atoms with Gasteiger partial charge in [0, 0.05) is 17.6 Å². The number of aromatic nitrogens is 2. The largest absolute Gasteiger partial charge is 0.383 e. The minimum Gasteiger partial charge on any atom is -0.383 e. The van der Waals surface area contributed by atoms with Gasteiger partial charge in [0.15, 0.2) is 0 Å². The highest BCUT2D eigenvalue weighted by Crippen LogP contribution is 2.20. The second kappa shape index (κ2) is 5.19. The average molecular weight is 281 g/mol. The Kier molecular flexibility index (Phi) is 3.62. The summed E-state index contributed by atoms with van der Waals surface area (Å²) in [6, 6.07) is 4.04. The van der Waals surface area contributed by atoms with Gasteiger partial charge in [-0.25, -0.2) is 14.4 Å². The van der Waals surface area contributed by atoms with Gasteiger partial charge in [-0.05, 0) is 17.7 Å². The molecule has 0 fully saturated rings. The number of nitrogens with zero attached hydrogens (tertiary/aromatic N) is 2. The Bertz CT molecular complexity index is 648. The predicted molar refractivity (Wildman–Crippen MR) is 69.2 cm³/mol. The molecule has 0 saturated heterocycles. The summed E-state index contributed by atoms with van der Waals surface area (Å²) in [7, 11) is 0. The number of anilines is 1. The van der Waals surface area contributed by atoms with Gasteiger partial charge in [0.2, 0.25) is 0 Å². The Labute approximate surface area is 113 Å². The van der Waals surface area contributed by atoms with E-state index in [-0.39, 0.29) is 22.8 Å². The van der Waals surface area contributed by atoms with Crippen LogP contribution in [0.5, 0.6) is 0 Å². The first-order valence-electron chi connectivity index (χ1n) is 5.32. The van der Waals surface area contributed by atoms with Crippen molar-refractivity contribution in [3.63, 3.8) is 0 Å². The van der Waals surface area contributed by atoms with Crippen LogP contribution in [0.15, 0.2) is 24.4 Å². The first kappa shape index (κ1) is 13.2. The highest BCUT2D eigenvalue weighted by molar-refractivity contribution is 6.31. The molecule has 0 spiro atoms. The maximum Gasteiger partial charge on any atom is 0.254 e. The summed E-state index contributed by atoms with van der Waals surface area (Å²) >= 11 is 5.90. The Morgan fingerprint density at radius 3 is 2.74 bits per heavy atom. The number of carbonyl (C=O) groups excluding carboxylic acids is 1. The molecule has 1 aromatic heterocycles. The van der Waals surface area contributed by atoms with Crippen LogP contribution in [0.2, 0.25) is 5.02 Å². The lowest BCUT2D eigenvalue weighted by molar-refractivity contribution is 0.100. The summed E-state index contributed by atoms with van der Waals surface area (Å²) < 4.78 is 12.9. The van der Waals surface area contributed by atoms with Crippen LogP contribution in [-0.2, 0) is 6.42 Å². The van der Waals surface area contributed by atoms with Gasteiger partial charge in [-0.3, -0.25) is 4.79 Å². The van der Waals surface area contributed by atoms with E-state index in [0.29, 0.717) is 11.4 Å². The number of nitrogens with two attached hydrogens (primary N) is 2. The number of halogens is 2. The molecule has 0 aliphatic rings. The van der Waals surface area contributed by atoms with Crippen molar-refractivity contribution in [2.24, 2.45) is 5.73 Å². The summed E-state index contributed by atoms with van der Waals surface area (Å²) in [6.07, 6.45) is 1.54. The molecule has 5 nitrogen and oxygen atoms in total. The highest BCUT2D eigenvalue weighted by atomic mass is 35.5. The van der Waals surface area contributed by atoms with E-state index < -0.39 is 11.7 Å². The maximum atomic E-state index is 12.9. The molecular formula is C12H10ClFN4O. The van der Waals surface area contributed by atoms with E-state index in [9.17, 15) is 9.18 Å². The van der Waals surface area contributed by atoms with Crippen molar-refractivity contribution in [1.82, 2.24) is 9.97 Å². The number of nitrogen functional groups attached to an aromatic ring is 1. The smallest absolute Gasteiger partial charge is 0.254 e. The van der Waals surface area contributed by atoms with Crippen LogP contribution in [-0.4, -0.2) is 15.9 Å². The van der Waals surface area contributed by atoms with Gasteiger partial charge in [-0.1, -0.05) is 17.7 Å². The number of hydrogen-bond donors (Lipinski definition) is 2. The number of rotatable bonds is 3. The fraction of sp³-hybridized carbons (Fsp3) is 0.0833. The number of primary amides is 1. The van der Waals surface area contributed by atoms with Crippen molar-refractivity contribution < 1.29 is 9.18 Å². The standard InChI is InChI=1S/C12H10ClFN4O/c13-9-4-7(14)2-1-6(9)3-10-17-5-8(12(16)19)11(15)18-10/h1-2,4-5H,3H2,(H2,16,19)(H2,15,17,18). The molecule has 1 aromatic carbocycles. The van der Waals surface area contributed by atoms with Crippen LogP contribution in [0.4, 0.5) is 10.2 Å². The molecule has 7 heteroatoms. The van der Waals surface area contributed by atoms with E-state index >= 15 is 0 Å². The van der Waals surface area contributed by atoms with Crippen molar-refractivity contribution >= 4 is 23.3 Å². The quantitative estimate of drug-likeness (QED) is 0.891. The first-order valence-corrected chi connectivity index (χ1v) is 5.70. The van der Waals surface area contributed by atoms with Gasteiger partial charge < -0.3 is 11.5 Å². The fourth-order valence-electron chi connectivity index (χ4n) is 1.54. The van der Waals surface area contributed by atoms with Gasteiger partial charge >= 0.3 is 0 Å². The third kappa shape index (κ3) is 2.97. The zero-order valence-electron chi connectivity index (χ0n) is 9.73. The molecule has 0 atom stereocenters. The second-order valence-electron chi connectivity index (χ2n) is 3.86. The summed E-state index contributed by atoms with van der Waals surface area (Å²) in [5.74, 6) is -0.728. The van der Waals surface area contributed by atoms with Crippen molar-refractivity contribution in [2.45, 2.75) is 6.42 Å². The molecule has 0 saturated carbocycles. The van der Waals surface area contributed by atoms with Gasteiger partial charge in [0.1, 0.15) is 17.5 Å². The molecule has 2 rings (SSSR count). The number of carbonyl (C=O) groups is 1. The molecule has 0 bridgehead atoms. The molecule has 0 radical (unpaired) electrons. The second-order valence-corrected chi connectivity index (χ2v) is 4.27. The number of hydrogen-bond acceptors (Lipinski definition) is 4. The molecule has 0 unspecified atom stereocenters. The normalized spacial score (nSPS) is 10.4. The first-order chi connectivity index (χ1) is 8.97. The monoisotopic (exact) mass is 280 g/mol. The topological polar surface area (TPSA) is 94.9 Å². The number of benzene rings is 1. The lowest BCUT2D eigenvalue weighted by atomic mass is 10.1. The van der Waals surface area contributed by atoms with Crippen molar-refractivity contribution in [3.05, 3.63) is 52.2 Å². The van der Waals surface area contributed by atoms with Gasteiger partial charge in [0.25, 0.3) is 5.91 Å². The Balaban J connectivity index is 2.29. The Hall–Kier alpha value is -2.21. The van der Waals surface area contributed by atoms with E-state index in [4.69, 9.17) is 23.1 Å². The van der Waals surface area contributed by atoms with Crippen molar-refractivity contribution in [1.29, 1.82) is 0 Å². The average Bonchev–Trinajstić information content (AvgIpc) is 2.32. The molecule has 1 heterocycles. The predicted octanol–water partition coefficient (Wildman–Crippen LogP) is 1.54. The van der Waals surface area contributed by atoms with Crippen LogP contribution >= 0.6 is 11.6 Å². The van der Waals surface area contributed by atoms with E-state index in [2.05, 4.69) is 9.97 Å². The van der Waals surface area contributed by atoms with Crippen LogP contribution in [0, 0.1) is 5.82 Å². The third-order valence-electron chi connectivity index (χ3n) is 2.50. The Morgan fingerprint density at radius 1 is 1.42 bits per heavy atom. The van der Waals surface area contributed by atoms with Gasteiger partial charge in [0.05, 0.1) is 5.56 Å². The molecule has 0 aliphatic carbocycles. The minimum absolute atomic E-state index is 0.00994. The molecule has 0 aliphatic heterocycles. The van der Waals surface area contributed by atoms with Crippen LogP contribution in [0.1, 0.15) is 21.7 Å².